The SMILES string of the molecule is CSCCC(N)C(=O)NCCO. The van der Waals surface area contributed by atoms with Gasteiger partial charge in [-0.15, -0.1) is 0 Å². The van der Waals surface area contributed by atoms with Crippen molar-refractivity contribution >= 4 is 17.7 Å². The van der Waals surface area contributed by atoms with Crippen LogP contribution in [0.3, 0.4) is 0 Å². The topological polar surface area (TPSA) is 75.4 Å². The van der Waals surface area contributed by atoms with Crippen LogP contribution >= 0.6 is 11.8 Å². The maximum atomic E-state index is 11.1. The van der Waals surface area contributed by atoms with Crippen LogP contribution in [0.2, 0.25) is 0 Å². The number of nitrogens with one attached hydrogen (secondary N) is 1. The van der Waals surface area contributed by atoms with Gasteiger partial charge in [0.1, 0.15) is 0 Å². The van der Waals surface area contributed by atoms with Gasteiger partial charge in [-0.25, -0.2) is 0 Å². The number of rotatable bonds is 6. The summed E-state index contributed by atoms with van der Waals surface area (Å²) in [5.41, 5.74) is 5.54. The average Bonchev–Trinajstić information content (AvgIpc) is 2.10. The quantitative estimate of drug-likeness (QED) is 0.514. The summed E-state index contributed by atoms with van der Waals surface area (Å²) in [5.74, 6) is 0.700. The first kappa shape index (κ1) is 11.7. The van der Waals surface area contributed by atoms with Crippen LogP contribution in [-0.4, -0.2) is 42.2 Å². The Morgan fingerprint density at radius 1 is 1.75 bits per heavy atom. The van der Waals surface area contributed by atoms with Crippen molar-refractivity contribution in [2.45, 2.75) is 12.5 Å². The Morgan fingerprint density at radius 3 is 2.92 bits per heavy atom. The van der Waals surface area contributed by atoms with Crippen molar-refractivity contribution in [1.29, 1.82) is 0 Å². The van der Waals surface area contributed by atoms with Gasteiger partial charge in [-0.2, -0.15) is 11.8 Å². The largest absolute Gasteiger partial charge is 0.395 e. The van der Waals surface area contributed by atoms with Gasteiger partial charge >= 0.3 is 0 Å². The van der Waals surface area contributed by atoms with E-state index in [0.717, 1.165) is 5.75 Å². The summed E-state index contributed by atoms with van der Waals surface area (Å²) in [4.78, 5) is 11.1. The van der Waals surface area contributed by atoms with Crippen molar-refractivity contribution in [3.8, 4) is 0 Å². The summed E-state index contributed by atoms with van der Waals surface area (Å²) in [5, 5.41) is 10.9. The molecule has 0 saturated heterocycles. The van der Waals surface area contributed by atoms with Gasteiger partial charge in [0.25, 0.3) is 0 Å². The molecule has 0 saturated carbocycles. The Balaban J connectivity index is 3.47. The van der Waals surface area contributed by atoms with Gasteiger partial charge in [0.05, 0.1) is 12.6 Å². The lowest BCUT2D eigenvalue weighted by atomic mass is 10.2. The molecular formula is C7H16N2O2S. The fourth-order valence-corrected chi connectivity index (χ4v) is 1.18. The molecule has 0 aromatic carbocycles. The first-order valence-electron chi connectivity index (χ1n) is 3.85. The third-order valence-corrected chi connectivity index (χ3v) is 2.02. The number of aliphatic hydroxyl groups is 1. The molecule has 1 unspecified atom stereocenters. The highest BCUT2D eigenvalue weighted by atomic mass is 32.2. The second-order valence-corrected chi connectivity index (χ2v) is 3.39. The van der Waals surface area contributed by atoms with E-state index in [-0.39, 0.29) is 19.1 Å². The Labute approximate surface area is 76.9 Å². The van der Waals surface area contributed by atoms with Crippen molar-refractivity contribution in [2.75, 3.05) is 25.2 Å². The van der Waals surface area contributed by atoms with Crippen LogP contribution in [0.15, 0.2) is 0 Å². The molecule has 0 aromatic rings. The van der Waals surface area contributed by atoms with E-state index in [1.165, 1.54) is 0 Å². The van der Waals surface area contributed by atoms with Crippen LogP contribution in [0.1, 0.15) is 6.42 Å². The van der Waals surface area contributed by atoms with Crippen molar-refractivity contribution in [2.24, 2.45) is 5.73 Å². The van der Waals surface area contributed by atoms with E-state index in [0.29, 0.717) is 6.42 Å². The van der Waals surface area contributed by atoms with Gasteiger partial charge in [-0.3, -0.25) is 4.79 Å². The van der Waals surface area contributed by atoms with E-state index in [9.17, 15) is 4.79 Å². The zero-order chi connectivity index (χ0) is 9.40. The number of carbonyl (C=O) groups is 1. The van der Waals surface area contributed by atoms with Crippen molar-refractivity contribution in [3.05, 3.63) is 0 Å². The maximum Gasteiger partial charge on any atom is 0.237 e. The minimum absolute atomic E-state index is 0.0407. The standard InChI is InChI=1S/C7H16N2O2S/c1-12-5-2-6(8)7(11)9-3-4-10/h6,10H,2-5,8H2,1H3,(H,9,11). The second kappa shape index (κ2) is 7.39. The van der Waals surface area contributed by atoms with Gasteiger partial charge in [-0.1, -0.05) is 0 Å². The lowest BCUT2D eigenvalue weighted by Gasteiger charge is -2.10. The molecule has 72 valence electrons. The Morgan fingerprint density at radius 2 is 2.42 bits per heavy atom. The summed E-state index contributed by atoms with van der Waals surface area (Å²) in [7, 11) is 0. The summed E-state index contributed by atoms with van der Waals surface area (Å²) in [6, 6.07) is -0.441. The number of carbonyl (C=O) groups excluding carboxylic acids is 1. The van der Waals surface area contributed by atoms with Gasteiger partial charge in [0, 0.05) is 6.54 Å². The van der Waals surface area contributed by atoms with Crippen LogP contribution in [0.25, 0.3) is 0 Å². The number of hydrogen-bond acceptors (Lipinski definition) is 4. The molecule has 0 fully saturated rings. The molecule has 0 aliphatic carbocycles. The molecule has 0 aliphatic heterocycles. The number of aliphatic hydroxyl groups excluding tert-OH is 1. The number of hydrogen-bond donors (Lipinski definition) is 3. The molecule has 1 atom stereocenters. The minimum Gasteiger partial charge on any atom is -0.395 e. The van der Waals surface area contributed by atoms with E-state index in [2.05, 4.69) is 5.32 Å². The van der Waals surface area contributed by atoms with Gasteiger partial charge in [-0.05, 0) is 18.4 Å². The zero-order valence-corrected chi connectivity index (χ0v) is 8.06. The van der Waals surface area contributed by atoms with Crippen LogP contribution in [0, 0.1) is 0 Å². The molecule has 1 amide bonds. The molecule has 0 aromatic heterocycles. The van der Waals surface area contributed by atoms with Crippen molar-refractivity contribution in [3.63, 3.8) is 0 Å². The minimum atomic E-state index is -0.441. The molecule has 5 heteroatoms. The van der Waals surface area contributed by atoms with Crippen LogP contribution in [0.4, 0.5) is 0 Å². The first-order valence-corrected chi connectivity index (χ1v) is 5.24. The molecule has 12 heavy (non-hydrogen) atoms. The normalized spacial score (nSPS) is 12.6. The highest BCUT2D eigenvalue weighted by molar-refractivity contribution is 7.98. The Hall–Kier alpha value is -0.260. The van der Waals surface area contributed by atoms with Crippen LogP contribution in [0.5, 0.6) is 0 Å². The highest BCUT2D eigenvalue weighted by Crippen LogP contribution is 1.98. The predicted octanol–water partition coefficient (Wildman–Crippen LogP) is -0.825. The third-order valence-electron chi connectivity index (χ3n) is 1.38. The van der Waals surface area contributed by atoms with Gasteiger partial charge < -0.3 is 16.2 Å². The molecule has 0 radical (unpaired) electrons. The molecule has 0 rings (SSSR count). The number of thioether (sulfide) groups is 1. The summed E-state index contributed by atoms with van der Waals surface area (Å²) in [6.07, 6.45) is 2.65. The second-order valence-electron chi connectivity index (χ2n) is 2.40. The van der Waals surface area contributed by atoms with Crippen LogP contribution in [-0.2, 0) is 4.79 Å². The monoisotopic (exact) mass is 192 g/mol. The molecule has 0 spiro atoms. The van der Waals surface area contributed by atoms with E-state index in [1.807, 2.05) is 6.26 Å². The fourth-order valence-electron chi connectivity index (χ4n) is 0.686. The summed E-state index contributed by atoms with van der Waals surface area (Å²) in [6.45, 7) is 0.243. The molecule has 4 nitrogen and oxygen atoms in total. The van der Waals surface area contributed by atoms with E-state index < -0.39 is 6.04 Å². The maximum absolute atomic E-state index is 11.1. The van der Waals surface area contributed by atoms with Gasteiger partial charge in [0.15, 0.2) is 0 Å². The smallest absolute Gasteiger partial charge is 0.237 e. The molecule has 4 N–H and O–H groups in total. The zero-order valence-electron chi connectivity index (χ0n) is 7.25. The first-order chi connectivity index (χ1) is 5.72. The van der Waals surface area contributed by atoms with Gasteiger partial charge in [0.2, 0.25) is 5.91 Å². The van der Waals surface area contributed by atoms with Crippen molar-refractivity contribution in [1.82, 2.24) is 5.32 Å². The average molecular weight is 192 g/mol. The number of amides is 1. The summed E-state index contributed by atoms with van der Waals surface area (Å²) < 4.78 is 0. The molecular weight excluding hydrogens is 176 g/mol. The molecule has 0 aliphatic rings. The Bertz CT molecular complexity index is 133. The lowest BCUT2D eigenvalue weighted by Crippen LogP contribution is -2.41. The predicted molar refractivity (Wildman–Crippen MR) is 51.1 cm³/mol. The molecule has 0 heterocycles. The Kier molecular flexibility index (Phi) is 7.23. The van der Waals surface area contributed by atoms with Crippen molar-refractivity contribution < 1.29 is 9.90 Å². The lowest BCUT2D eigenvalue weighted by molar-refractivity contribution is -0.122. The fraction of sp³-hybridized carbons (Fsp3) is 0.857. The number of nitrogens with two attached hydrogens (primary N) is 1. The highest BCUT2D eigenvalue weighted by Gasteiger charge is 2.10. The third kappa shape index (κ3) is 5.40. The van der Waals surface area contributed by atoms with E-state index in [4.69, 9.17) is 10.8 Å². The van der Waals surface area contributed by atoms with E-state index >= 15 is 0 Å². The summed E-state index contributed by atoms with van der Waals surface area (Å²) >= 11 is 1.66. The van der Waals surface area contributed by atoms with Crippen LogP contribution < -0.4 is 11.1 Å². The molecule has 0 bridgehead atoms. The van der Waals surface area contributed by atoms with E-state index in [1.54, 1.807) is 11.8 Å².